The van der Waals surface area contributed by atoms with Crippen molar-refractivity contribution in [3.8, 4) is 0 Å². The minimum atomic E-state index is -1.01. The van der Waals surface area contributed by atoms with E-state index in [1.807, 2.05) is 6.92 Å². The Morgan fingerprint density at radius 2 is 1.94 bits per heavy atom. The lowest BCUT2D eigenvalue weighted by Crippen LogP contribution is -2.28. The first kappa shape index (κ1) is 16.3. The third-order valence-corrected chi connectivity index (χ3v) is 2.65. The molecule has 2 atom stereocenters. The van der Waals surface area contributed by atoms with E-state index in [2.05, 4.69) is 0 Å². The molecule has 2 nitrogen and oxygen atoms in total. The molecular weight excluding hydrogens is 248 g/mol. The normalized spacial score (nSPS) is 14.0. The number of halogens is 3. The van der Waals surface area contributed by atoms with Gasteiger partial charge < -0.3 is 10.8 Å². The monoisotopic (exact) mass is 265 g/mol. The molecule has 0 saturated carbocycles. The summed E-state index contributed by atoms with van der Waals surface area (Å²) in [5, 5.41) is 9.65. The van der Waals surface area contributed by atoms with Gasteiger partial charge in [-0.3, -0.25) is 0 Å². The lowest BCUT2D eigenvalue weighted by molar-refractivity contribution is 0.131. The molecule has 0 spiro atoms. The lowest BCUT2D eigenvalue weighted by Gasteiger charge is -2.20. The van der Waals surface area contributed by atoms with Gasteiger partial charge in [0.25, 0.3) is 0 Å². The molecule has 0 saturated heterocycles. The van der Waals surface area contributed by atoms with Crippen LogP contribution < -0.4 is 5.73 Å². The standard InChI is InChI=1S/C12H17F2NO.ClH/c1-3-4-9(16)12(15)10-8(13)6-5-7(2)11(10)14;/h5-6,9,12,16H,3-4,15H2,1-2H3;1H/t9-,12-;/m1./s1. The van der Waals surface area contributed by atoms with Crippen molar-refractivity contribution in [1.29, 1.82) is 0 Å². The number of aryl methyl sites for hydroxylation is 1. The predicted molar refractivity (Wildman–Crippen MR) is 66.2 cm³/mol. The molecule has 0 amide bonds. The molecule has 3 N–H and O–H groups in total. The fourth-order valence-electron chi connectivity index (χ4n) is 1.65. The van der Waals surface area contributed by atoms with E-state index in [1.54, 1.807) is 0 Å². The van der Waals surface area contributed by atoms with Crippen molar-refractivity contribution < 1.29 is 13.9 Å². The van der Waals surface area contributed by atoms with E-state index in [-0.39, 0.29) is 18.0 Å². The molecule has 0 aliphatic rings. The van der Waals surface area contributed by atoms with Crippen LogP contribution in [0.5, 0.6) is 0 Å². The topological polar surface area (TPSA) is 46.2 Å². The highest BCUT2D eigenvalue weighted by Crippen LogP contribution is 2.25. The van der Waals surface area contributed by atoms with E-state index in [0.29, 0.717) is 18.4 Å². The van der Waals surface area contributed by atoms with Crippen LogP contribution in [0.25, 0.3) is 0 Å². The molecule has 0 fully saturated rings. The van der Waals surface area contributed by atoms with Crippen LogP contribution in [-0.2, 0) is 0 Å². The maximum Gasteiger partial charge on any atom is 0.133 e. The summed E-state index contributed by atoms with van der Waals surface area (Å²) in [6, 6.07) is 1.51. The van der Waals surface area contributed by atoms with E-state index in [4.69, 9.17) is 5.73 Å². The zero-order valence-corrected chi connectivity index (χ0v) is 10.7. The van der Waals surface area contributed by atoms with Gasteiger partial charge in [0.15, 0.2) is 0 Å². The highest BCUT2D eigenvalue weighted by Gasteiger charge is 2.23. The fraction of sp³-hybridized carbons (Fsp3) is 0.500. The summed E-state index contributed by atoms with van der Waals surface area (Å²) in [5.41, 5.74) is 5.77. The Hall–Kier alpha value is -0.710. The number of aliphatic hydroxyl groups excluding tert-OH is 1. The SMILES string of the molecule is CCC[C@@H](O)[C@@H](N)c1c(F)ccc(C)c1F.Cl. The molecule has 0 aliphatic heterocycles. The van der Waals surface area contributed by atoms with Gasteiger partial charge in [-0.15, -0.1) is 12.4 Å². The maximum atomic E-state index is 13.7. The van der Waals surface area contributed by atoms with E-state index in [1.165, 1.54) is 19.1 Å². The second kappa shape index (κ2) is 6.89. The van der Waals surface area contributed by atoms with Gasteiger partial charge >= 0.3 is 0 Å². The second-order valence-electron chi connectivity index (χ2n) is 3.97. The molecule has 1 rings (SSSR count). The van der Waals surface area contributed by atoms with Gasteiger partial charge in [0.2, 0.25) is 0 Å². The number of benzene rings is 1. The van der Waals surface area contributed by atoms with Gasteiger partial charge in [-0.25, -0.2) is 8.78 Å². The van der Waals surface area contributed by atoms with Crippen LogP contribution in [0.1, 0.15) is 36.9 Å². The summed E-state index contributed by atoms with van der Waals surface area (Å²) in [4.78, 5) is 0. The quantitative estimate of drug-likeness (QED) is 0.879. The van der Waals surface area contributed by atoms with Gasteiger partial charge in [0.1, 0.15) is 11.6 Å². The summed E-state index contributed by atoms with van der Waals surface area (Å²) in [6.07, 6.45) is 0.216. The molecule has 0 radical (unpaired) electrons. The summed E-state index contributed by atoms with van der Waals surface area (Å²) in [6.45, 7) is 3.41. The lowest BCUT2D eigenvalue weighted by atomic mass is 9.96. The van der Waals surface area contributed by atoms with Crippen molar-refractivity contribution in [1.82, 2.24) is 0 Å². The number of aliphatic hydroxyl groups is 1. The first-order valence-electron chi connectivity index (χ1n) is 5.37. The summed E-state index contributed by atoms with van der Waals surface area (Å²) in [7, 11) is 0. The van der Waals surface area contributed by atoms with Crippen LogP contribution in [0, 0.1) is 18.6 Å². The van der Waals surface area contributed by atoms with Crippen molar-refractivity contribution in [2.75, 3.05) is 0 Å². The van der Waals surface area contributed by atoms with Gasteiger partial charge in [-0.2, -0.15) is 0 Å². The van der Waals surface area contributed by atoms with Crippen LogP contribution in [-0.4, -0.2) is 11.2 Å². The van der Waals surface area contributed by atoms with Crippen molar-refractivity contribution in [3.05, 3.63) is 34.9 Å². The van der Waals surface area contributed by atoms with Gasteiger partial charge in [0, 0.05) is 5.56 Å². The van der Waals surface area contributed by atoms with Crippen LogP contribution in [0.3, 0.4) is 0 Å². The van der Waals surface area contributed by atoms with E-state index in [9.17, 15) is 13.9 Å². The molecule has 1 aromatic rings. The average Bonchev–Trinajstić information content (AvgIpc) is 2.24. The van der Waals surface area contributed by atoms with Gasteiger partial charge in [-0.05, 0) is 25.0 Å². The number of nitrogens with two attached hydrogens (primary N) is 1. The number of hydrogen-bond donors (Lipinski definition) is 2. The van der Waals surface area contributed by atoms with Gasteiger partial charge in [-0.1, -0.05) is 19.4 Å². The van der Waals surface area contributed by atoms with E-state index >= 15 is 0 Å². The van der Waals surface area contributed by atoms with Crippen molar-refractivity contribution in [2.45, 2.75) is 38.8 Å². The second-order valence-corrected chi connectivity index (χ2v) is 3.97. The number of rotatable bonds is 4. The van der Waals surface area contributed by atoms with Crippen LogP contribution in [0.2, 0.25) is 0 Å². The van der Waals surface area contributed by atoms with Crippen LogP contribution in [0.15, 0.2) is 12.1 Å². The Morgan fingerprint density at radius 3 is 2.47 bits per heavy atom. The third kappa shape index (κ3) is 3.63. The van der Waals surface area contributed by atoms with Crippen LogP contribution in [0.4, 0.5) is 8.78 Å². The molecular formula is C12H18ClF2NO. The first-order valence-corrected chi connectivity index (χ1v) is 5.37. The van der Waals surface area contributed by atoms with Crippen molar-refractivity contribution in [3.63, 3.8) is 0 Å². The van der Waals surface area contributed by atoms with Gasteiger partial charge in [0.05, 0.1) is 12.1 Å². The third-order valence-electron chi connectivity index (χ3n) is 2.65. The highest BCUT2D eigenvalue weighted by molar-refractivity contribution is 5.85. The Labute approximate surface area is 106 Å². The molecule has 0 heterocycles. The summed E-state index contributed by atoms with van der Waals surface area (Å²) in [5.74, 6) is -1.37. The molecule has 98 valence electrons. The Balaban J connectivity index is 0.00000256. The maximum absolute atomic E-state index is 13.7. The molecule has 17 heavy (non-hydrogen) atoms. The van der Waals surface area contributed by atoms with E-state index < -0.39 is 23.8 Å². The Kier molecular flexibility index (Phi) is 6.60. The Bertz CT molecular complexity index is 374. The van der Waals surface area contributed by atoms with Crippen molar-refractivity contribution in [2.24, 2.45) is 5.73 Å². The van der Waals surface area contributed by atoms with E-state index in [0.717, 1.165) is 0 Å². The predicted octanol–water partition coefficient (Wildman–Crippen LogP) is 2.86. The Morgan fingerprint density at radius 1 is 1.35 bits per heavy atom. The average molecular weight is 266 g/mol. The highest BCUT2D eigenvalue weighted by atomic mass is 35.5. The molecule has 0 aliphatic carbocycles. The zero-order valence-electron chi connectivity index (χ0n) is 9.91. The van der Waals surface area contributed by atoms with Crippen molar-refractivity contribution >= 4 is 12.4 Å². The molecule has 0 aromatic heterocycles. The first-order chi connectivity index (χ1) is 7.49. The smallest absolute Gasteiger partial charge is 0.133 e. The summed E-state index contributed by atoms with van der Waals surface area (Å²) < 4.78 is 27.1. The van der Waals surface area contributed by atoms with Crippen LogP contribution >= 0.6 is 12.4 Å². The largest absolute Gasteiger partial charge is 0.391 e. The minimum absolute atomic E-state index is 0. The molecule has 1 aromatic carbocycles. The minimum Gasteiger partial charge on any atom is -0.391 e. The molecule has 0 bridgehead atoms. The molecule has 0 unspecified atom stereocenters. The zero-order chi connectivity index (χ0) is 12.3. The molecule has 5 heteroatoms. The number of hydrogen-bond acceptors (Lipinski definition) is 2. The summed E-state index contributed by atoms with van der Waals surface area (Å²) >= 11 is 0. The fourth-order valence-corrected chi connectivity index (χ4v) is 1.65.